The van der Waals surface area contributed by atoms with E-state index >= 15 is 0 Å². The highest BCUT2D eigenvalue weighted by Gasteiger charge is 2.37. The number of carbonyl (C=O) groups excluding carboxylic acids is 2. The average Bonchev–Trinajstić information content (AvgIpc) is 3.82. The highest BCUT2D eigenvalue weighted by Crippen LogP contribution is 2.48. The van der Waals surface area contributed by atoms with Crippen LogP contribution in [0.3, 0.4) is 0 Å². The molecule has 2 aliphatic rings. The zero-order valence-corrected chi connectivity index (χ0v) is 24.3. The molecule has 2 saturated carbocycles. The highest BCUT2D eigenvalue weighted by molar-refractivity contribution is 6.00. The van der Waals surface area contributed by atoms with Crippen molar-refractivity contribution in [1.82, 2.24) is 4.98 Å². The molecule has 3 aromatic rings. The number of anilines is 2. The van der Waals surface area contributed by atoms with E-state index < -0.39 is 11.9 Å². The Hall–Kier alpha value is -4.07. The Kier molecular flexibility index (Phi) is 8.76. The molecule has 5 rings (SSSR count). The van der Waals surface area contributed by atoms with E-state index in [1.807, 2.05) is 48.5 Å². The van der Waals surface area contributed by atoms with E-state index in [1.165, 1.54) is 0 Å². The molecule has 0 radical (unpaired) electrons. The minimum absolute atomic E-state index is 0.0339. The van der Waals surface area contributed by atoms with Gasteiger partial charge >= 0.3 is 5.97 Å². The third-order valence-electron chi connectivity index (χ3n) is 8.08. The smallest absolute Gasteiger partial charge is 0.323 e. The van der Waals surface area contributed by atoms with Gasteiger partial charge in [0.2, 0.25) is 5.88 Å². The molecule has 216 valence electrons. The Morgan fingerprint density at radius 1 is 0.902 bits per heavy atom. The molecule has 2 atom stereocenters. The first-order valence-electron chi connectivity index (χ1n) is 14.4. The van der Waals surface area contributed by atoms with Crippen molar-refractivity contribution in [3.05, 3.63) is 70.8 Å². The molecular weight excluding hydrogens is 518 g/mol. The molecule has 2 fully saturated rings. The summed E-state index contributed by atoms with van der Waals surface area (Å²) < 4.78 is 16.6. The lowest BCUT2D eigenvalue weighted by atomic mass is 9.81. The maximum Gasteiger partial charge on any atom is 0.323 e. The van der Waals surface area contributed by atoms with Crippen molar-refractivity contribution < 1.29 is 23.8 Å². The van der Waals surface area contributed by atoms with Crippen LogP contribution in [-0.4, -0.2) is 31.0 Å². The minimum atomic E-state index is -0.725. The Bertz CT molecular complexity index is 1380. The van der Waals surface area contributed by atoms with Crippen LogP contribution in [-0.2, 0) is 22.7 Å². The largest absolute Gasteiger partial charge is 0.497 e. The number of methoxy groups -OCH3 is 2. The molecule has 41 heavy (non-hydrogen) atoms. The number of hydrogen-bond donors (Lipinski definition) is 2. The summed E-state index contributed by atoms with van der Waals surface area (Å²) in [5.41, 5.74) is 4.97. The zero-order chi connectivity index (χ0) is 28.9. The van der Waals surface area contributed by atoms with Gasteiger partial charge in [0.15, 0.2) is 5.82 Å². The summed E-state index contributed by atoms with van der Waals surface area (Å²) in [5, 5.41) is 7.05. The molecule has 2 N–H and O–H groups in total. The Morgan fingerprint density at radius 3 is 2.05 bits per heavy atom. The fourth-order valence-electron chi connectivity index (χ4n) is 5.44. The number of pyridine rings is 1. The standard InChI is InChI=1S/C33H39N3O5/c1-20-5-16-28(37)27(17-20)33(38)41-32-29(24-10-11-24)21(2)30(34-18-22-6-12-25(39-3)13-7-22)31(36-32)35-19-23-8-14-26(40-4)15-9-23/h6-9,12-15,20,24,27,34H,5,10-11,16-19H2,1-4H3,(H,35,36). The van der Waals surface area contributed by atoms with Crippen LogP contribution in [0.4, 0.5) is 11.5 Å². The second-order valence-corrected chi connectivity index (χ2v) is 11.2. The van der Waals surface area contributed by atoms with Crippen molar-refractivity contribution in [3.8, 4) is 17.4 Å². The van der Waals surface area contributed by atoms with Gasteiger partial charge in [0.05, 0.1) is 19.9 Å². The molecular formula is C33H39N3O5. The zero-order valence-electron chi connectivity index (χ0n) is 24.3. The number of nitrogens with zero attached hydrogens (tertiary/aromatic N) is 1. The van der Waals surface area contributed by atoms with Gasteiger partial charge in [0, 0.05) is 25.1 Å². The Labute approximate surface area is 241 Å². The van der Waals surface area contributed by atoms with Crippen molar-refractivity contribution in [2.24, 2.45) is 11.8 Å². The Morgan fingerprint density at radius 2 is 1.49 bits per heavy atom. The normalized spacial score (nSPS) is 18.5. The SMILES string of the molecule is COc1ccc(CNc2nc(OC(=O)C3CC(C)CCC3=O)c(C3CC3)c(C)c2NCc2ccc(OC)cc2)cc1. The number of ketones is 1. The van der Waals surface area contributed by atoms with Crippen LogP contribution in [0.25, 0.3) is 0 Å². The molecule has 8 heteroatoms. The quantitative estimate of drug-likeness (QED) is 0.206. The summed E-state index contributed by atoms with van der Waals surface area (Å²) in [4.78, 5) is 30.8. The number of ether oxygens (including phenoxy) is 3. The molecule has 1 aromatic heterocycles. The first-order valence-corrected chi connectivity index (χ1v) is 14.4. The monoisotopic (exact) mass is 557 g/mol. The minimum Gasteiger partial charge on any atom is -0.497 e. The van der Waals surface area contributed by atoms with Crippen molar-refractivity contribution in [2.75, 3.05) is 24.9 Å². The predicted octanol–water partition coefficient (Wildman–Crippen LogP) is 6.42. The van der Waals surface area contributed by atoms with E-state index in [0.29, 0.717) is 43.5 Å². The van der Waals surface area contributed by atoms with Crippen molar-refractivity contribution in [3.63, 3.8) is 0 Å². The maximum atomic E-state index is 13.3. The molecule has 2 aliphatic carbocycles. The number of nitrogens with one attached hydrogen (secondary N) is 2. The molecule has 0 amide bonds. The van der Waals surface area contributed by atoms with Crippen LogP contribution in [0, 0.1) is 18.8 Å². The first-order chi connectivity index (χ1) is 19.9. The molecule has 0 aliphatic heterocycles. The van der Waals surface area contributed by atoms with E-state index in [9.17, 15) is 9.59 Å². The summed E-state index contributed by atoms with van der Waals surface area (Å²) in [5.74, 6) is 1.86. The number of aromatic nitrogens is 1. The van der Waals surface area contributed by atoms with E-state index in [2.05, 4.69) is 24.5 Å². The predicted molar refractivity (Wildman–Crippen MR) is 159 cm³/mol. The molecule has 2 aromatic carbocycles. The summed E-state index contributed by atoms with van der Waals surface area (Å²) in [6.45, 7) is 5.23. The van der Waals surface area contributed by atoms with E-state index in [0.717, 1.165) is 58.7 Å². The second-order valence-electron chi connectivity index (χ2n) is 11.2. The van der Waals surface area contributed by atoms with Crippen LogP contribution >= 0.6 is 0 Å². The lowest BCUT2D eigenvalue weighted by Gasteiger charge is -2.25. The van der Waals surface area contributed by atoms with Gasteiger partial charge in [-0.1, -0.05) is 31.2 Å². The number of benzene rings is 2. The van der Waals surface area contributed by atoms with Crippen LogP contribution in [0.15, 0.2) is 48.5 Å². The van der Waals surface area contributed by atoms with Gasteiger partial charge in [0.1, 0.15) is 23.2 Å². The summed E-state index contributed by atoms with van der Waals surface area (Å²) in [6.07, 6.45) is 3.80. The van der Waals surface area contributed by atoms with Gasteiger partial charge in [-0.25, -0.2) is 0 Å². The number of Topliss-reactive ketones (excluding diaryl/α,β-unsaturated/α-hetero) is 1. The van der Waals surface area contributed by atoms with Crippen molar-refractivity contribution >= 4 is 23.3 Å². The van der Waals surface area contributed by atoms with Crippen LogP contribution < -0.4 is 24.8 Å². The summed E-state index contributed by atoms with van der Waals surface area (Å²) >= 11 is 0. The van der Waals surface area contributed by atoms with Gasteiger partial charge in [0.25, 0.3) is 0 Å². The van der Waals surface area contributed by atoms with Crippen LogP contribution in [0.1, 0.15) is 67.2 Å². The molecule has 0 saturated heterocycles. The van der Waals surface area contributed by atoms with Gasteiger partial charge in [-0.05, 0) is 85.4 Å². The molecule has 2 unspecified atom stereocenters. The number of carbonyl (C=O) groups is 2. The molecule has 0 spiro atoms. The molecule has 0 bridgehead atoms. The van der Waals surface area contributed by atoms with E-state index in [1.54, 1.807) is 14.2 Å². The topological polar surface area (TPSA) is 98.8 Å². The summed E-state index contributed by atoms with van der Waals surface area (Å²) in [7, 11) is 3.30. The van der Waals surface area contributed by atoms with Crippen molar-refractivity contribution in [2.45, 2.75) is 65.0 Å². The van der Waals surface area contributed by atoms with Gasteiger partial charge in [-0.15, -0.1) is 0 Å². The second kappa shape index (κ2) is 12.6. The first kappa shape index (κ1) is 28.5. The van der Waals surface area contributed by atoms with Gasteiger partial charge < -0.3 is 24.8 Å². The lowest BCUT2D eigenvalue weighted by Crippen LogP contribution is -2.33. The Balaban J connectivity index is 1.45. The number of esters is 1. The highest BCUT2D eigenvalue weighted by atomic mass is 16.5. The lowest BCUT2D eigenvalue weighted by molar-refractivity contribution is -0.146. The fraction of sp³-hybridized carbons (Fsp3) is 0.424. The number of hydrogen-bond acceptors (Lipinski definition) is 8. The maximum absolute atomic E-state index is 13.3. The fourth-order valence-corrected chi connectivity index (χ4v) is 5.44. The number of rotatable bonds is 11. The summed E-state index contributed by atoms with van der Waals surface area (Å²) in [6, 6.07) is 15.8. The van der Waals surface area contributed by atoms with E-state index in [-0.39, 0.29) is 11.7 Å². The van der Waals surface area contributed by atoms with E-state index in [4.69, 9.17) is 19.2 Å². The van der Waals surface area contributed by atoms with Gasteiger partial charge in [-0.3, -0.25) is 9.59 Å². The third kappa shape index (κ3) is 6.81. The molecule has 1 heterocycles. The van der Waals surface area contributed by atoms with Crippen molar-refractivity contribution in [1.29, 1.82) is 0 Å². The molecule has 8 nitrogen and oxygen atoms in total. The van der Waals surface area contributed by atoms with Crippen LogP contribution in [0.5, 0.6) is 17.4 Å². The van der Waals surface area contributed by atoms with Gasteiger partial charge in [-0.2, -0.15) is 4.98 Å². The van der Waals surface area contributed by atoms with Crippen LogP contribution in [0.2, 0.25) is 0 Å². The average molecular weight is 558 g/mol. The third-order valence-corrected chi connectivity index (χ3v) is 8.08.